The van der Waals surface area contributed by atoms with E-state index < -0.39 is 0 Å². The van der Waals surface area contributed by atoms with Crippen LogP contribution < -0.4 is 10.1 Å². The fourth-order valence-electron chi connectivity index (χ4n) is 1.90. The standard InChI is InChI=1S/C17H12ClN3O2/c18-16-5-4-13(11-20-16)21-17(22)12-2-1-3-15(10-12)23-14-6-8-19-9-7-14/h1-11H,(H,21,22). The summed E-state index contributed by atoms with van der Waals surface area (Å²) in [6, 6.07) is 13.7. The molecule has 1 aromatic carbocycles. The van der Waals surface area contributed by atoms with Gasteiger partial charge in [0.15, 0.2) is 0 Å². The van der Waals surface area contributed by atoms with Gasteiger partial charge in [0.2, 0.25) is 0 Å². The highest BCUT2D eigenvalue weighted by atomic mass is 35.5. The van der Waals surface area contributed by atoms with E-state index in [0.717, 1.165) is 0 Å². The molecule has 0 unspecified atom stereocenters. The third kappa shape index (κ3) is 4.05. The van der Waals surface area contributed by atoms with Gasteiger partial charge >= 0.3 is 0 Å². The lowest BCUT2D eigenvalue weighted by molar-refractivity contribution is 0.102. The summed E-state index contributed by atoms with van der Waals surface area (Å²) in [6.45, 7) is 0. The molecular formula is C17H12ClN3O2. The smallest absolute Gasteiger partial charge is 0.255 e. The fraction of sp³-hybridized carbons (Fsp3) is 0. The van der Waals surface area contributed by atoms with E-state index in [1.807, 2.05) is 0 Å². The molecule has 0 aliphatic heterocycles. The molecule has 3 rings (SSSR count). The normalized spacial score (nSPS) is 10.1. The summed E-state index contributed by atoms with van der Waals surface area (Å²) in [5.74, 6) is 0.965. The van der Waals surface area contributed by atoms with E-state index >= 15 is 0 Å². The van der Waals surface area contributed by atoms with Gasteiger partial charge in [-0.1, -0.05) is 17.7 Å². The topological polar surface area (TPSA) is 64.1 Å². The second-order valence-corrected chi connectivity index (χ2v) is 5.02. The number of aromatic nitrogens is 2. The number of nitrogens with one attached hydrogen (secondary N) is 1. The highest BCUT2D eigenvalue weighted by Crippen LogP contribution is 2.22. The van der Waals surface area contributed by atoms with E-state index in [0.29, 0.717) is 27.9 Å². The predicted octanol–water partition coefficient (Wildman–Crippen LogP) is 4.17. The number of carbonyl (C=O) groups is 1. The van der Waals surface area contributed by atoms with Gasteiger partial charge in [-0.2, -0.15) is 0 Å². The van der Waals surface area contributed by atoms with Crippen LogP contribution in [0.4, 0.5) is 5.69 Å². The van der Waals surface area contributed by atoms with Crippen LogP contribution in [0.25, 0.3) is 0 Å². The summed E-state index contributed by atoms with van der Waals surface area (Å²) in [7, 11) is 0. The van der Waals surface area contributed by atoms with Crippen LogP contribution in [0, 0.1) is 0 Å². The van der Waals surface area contributed by atoms with E-state index in [9.17, 15) is 4.79 Å². The lowest BCUT2D eigenvalue weighted by Crippen LogP contribution is -2.11. The molecule has 0 saturated heterocycles. The van der Waals surface area contributed by atoms with Crippen molar-refractivity contribution in [3.63, 3.8) is 0 Å². The Labute approximate surface area is 137 Å². The summed E-state index contributed by atoms with van der Waals surface area (Å²) in [5.41, 5.74) is 1.05. The average molecular weight is 326 g/mol. The van der Waals surface area contributed by atoms with Crippen molar-refractivity contribution in [1.82, 2.24) is 9.97 Å². The minimum Gasteiger partial charge on any atom is -0.457 e. The number of nitrogens with zero attached hydrogens (tertiary/aromatic N) is 2. The van der Waals surface area contributed by atoms with E-state index in [2.05, 4.69) is 15.3 Å². The van der Waals surface area contributed by atoms with Crippen LogP contribution in [0.3, 0.4) is 0 Å². The lowest BCUT2D eigenvalue weighted by Gasteiger charge is -2.08. The number of rotatable bonds is 4. The first kappa shape index (κ1) is 15.0. The van der Waals surface area contributed by atoms with Crippen LogP contribution in [0.2, 0.25) is 5.15 Å². The van der Waals surface area contributed by atoms with E-state index in [-0.39, 0.29) is 5.91 Å². The van der Waals surface area contributed by atoms with Gasteiger partial charge in [-0.15, -0.1) is 0 Å². The molecule has 0 fully saturated rings. The Morgan fingerprint density at radius 3 is 2.61 bits per heavy atom. The van der Waals surface area contributed by atoms with Gasteiger partial charge < -0.3 is 10.1 Å². The largest absolute Gasteiger partial charge is 0.457 e. The number of anilines is 1. The SMILES string of the molecule is O=C(Nc1ccc(Cl)nc1)c1cccc(Oc2ccncc2)c1. The van der Waals surface area contributed by atoms with Crippen molar-refractivity contribution in [2.45, 2.75) is 0 Å². The van der Waals surface area contributed by atoms with Crippen molar-refractivity contribution in [2.24, 2.45) is 0 Å². The quantitative estimate of drug-likeness (QED) is 0.731. The van der Waals surface area contributed by atoms with Gasteiger partial charge in [-0.05, 0) is 42.5 Å². The molecule has 0 bridgehead atoms. The minimum atomic E-state index is -0.255. The zero-order chi connectivity index (χ0) is 16.1. The Balaban J connectivity index is 1.73. The maximum Gasteiger partial charge on any atom is 0.255 e. The summed E-state index contributed by atoms with van der Waals surface area (Å²) in [5, 5.41) is 3.12. The summed E-state index contributed by atoms with van der Waals surface area (Å²) < 4.78 is 5.69. The van der Waals surface area contributed by atoms with Crippen LogP contribution in [-0.2, 0) is 0 Å². The summed E-state index contributed by atoms with van der Waals surface area (Å²) in [6.07, 6.45) is 4.77. The zero-order valence-corrected chi connectivity index (χ0v) is 12.7. The zero-order valence-electron chi connectivity index (χ0n) is 11.9. The Hall–Kier alpha value is -2.92. The van der Waals surface area contributed by atoms with Gasteiger partial charge in [0.25, 0.3) is 5.91 Å². The second-order valence-electron chi connectivity index (χ2n) is 4.64. The Bertz CT molecular complexity index is 808. The van der Waals surface area contributed by atoms with Crippen LogP contribution in [0.1, 0.15) is 10.4 Å². The van der Waals surface area contributed by atoms with Crippen molar-refractivity contribution in [3.8, 4) is 11.5 Å². The van der Waals surface area contributed by atoms with Gasteiger partial charge in [0.1, 0.15) is 16.7 Å². The molecule has 0 radical (unpaired) electrons. The molecule has 0 atom stereocenters. The number of amides is 1. The van der Waals surface area contributed by atoms with Crippen LogP contribution in [-0.4, -0.2) is 15.9 Å². The number of halogens is 1. The highest BCUT2D eigenvalue weighted by Gasteiger charge is 2.08. The van der Waals surface area contributed by atoms with E-state index in [4.69, 9.17) is 16.3 Å². The van der Waals surface area contributed by atoms with Gasteiger partial charge in [0.05, 0.1) is 11.9 Å². The maximum absolute atomic E-state index is 12.3. The molecule has 5 nitrogen and oxygen atoms in total. The van der Waals surface area contributed by atoms with Crippen molar-refractivity contribution < 1.29 is 9.53 Å². The highest BCUT2D eigenvalue weighted by molar-refractivity contribution is 6.29. The molecule has 2 heterocycles. The third-order valence-electron chi connectivity index (χ3n) is 2.97. The molecule has 0 aliphatic carbocycles. The summed E-state index contributed by atoms with van der Waals surface area (Å²) >= 11 is 5.72. The predicted molar refractivity (Wildman–Crippen MR) is 88.0 cm³/mol. The van der Waals surface area contributed by atoms with Crippen molar-refractivity contribution in [3.05, 3.63) is 77.8 Å². The monoisotopic (exact) mass is 325 g/mol. The lowest BCUT2D eigenvalue weighted by atomic mass is 10.2. The molecule has 114 valence electrons. The maximum atomic E-state index is 12.3. The third-order valence-corrected chi connectivity index (χ3v) is 3.19. The van der Waals surface area contributed by atoms with Crippen molar-refractivity contribution >= 4 is 23.2 Å². The Kier molecular flexibility index (Phi) is 4.49. The molecule has 1 amide bonds. The van der Waals surface area contributed by atoms with Gasteiger partial charge in [0, 0.05) is 18.0 Å². The molecule has 6 heteroatoms. The number of benzene rings is 1. The number of hydrogen-bond acceptors (Lipinski definition) is 4. The minimum absolute atomic E-state index is 0.255. The number of ether oxygens (including phenoxy) is 1. The first-order valence-electron chi connectivity index (χ1n) is 6.81. The summed E-state index contributed by atoms with van der Waals surface area (Å²) in [4.78, 5) is 20.1. The second kappa shape index (κ2) is 6.89. The van der Waals surface area contributed by atoms with Gasteiger partial charge in [-0.3, -0.25) is 9.78 Å². The molecular weight excluding hydrogens is 314 g/mol. The average Bonchev–Trinajstić information content (AvgIpc) is 2.58. The molecule has 0 saturated carbocycles. The molecule has 23 heavy (non-hydrogen) atoms. The van der Waals surface area contributed by atoms with Crippen LogP contribution in [0.15, 0.2) is 67.1 Å². The first-order valence-corrected chi connectivity index (χ1v) is 7.19. The van der Waals surface area contributed by atoms with Crippen LogP contribution in [0.5, 0.6) is 11.5 Å². The van der Waals surface area contributed by atoms with E-state index in [1.165, 1.54) is 6.20 Å². The van der Waals surface area contributed by atoms with Crippen molar-refractivity contribution in [2.75, 3.05) is 5.32 Å². The molecule has 0 spiro atoms. The first-order chi connectivity index (χ1) is 11.2. The number of carbonyl (C=O) groups excluding carboxylic acids is 1. The molecule has 0 aliphatic rings. The fourth-order valence-corrected chi connectivity index (χ4v) is 2.01. The molecule has 3 aromatic rings. The Morgan fingerprint density at radius 2 is 1.87 bits per heavy atom. The van der Waals surface area contributed by atoms with Crippen molar-refractivity contribution in [1.29, 1.82) is 0 Å². The number of hydrogen-bond donors (Lipinski definition) is 1. The number of pyridine rings is 2. The van der Waals surface area contributed by atoms with Crippen LogP contribution >= 0.6 is 11.6 Å². The molecule has 2 aromatic heterocycles. The van der Waals surface area contributed by atoms with Gasteiger partial charge in [-0.25, -0.2) is 4.98 Å². The molecule has 1 N–H and O–H groups in total. The van der Waals surface area contributed by atoms with E-state index in [1.54, 1.807) is 60.9 Å². The Morgan fingerprint density at radius 1 is 1.04 bits per heavy atom.